The molecular formula is C21H38N4O. The van der Waals surface area contributed by atoms with Crippen LogP contribution in [0.5, 0.6) is 0 Å². The van der Waals surface area contributed by atoms with Crippen molar-refractivity contribution in [3.8, 4) is 0 Å². The number of carbonyl (C=O) groups is 1. The van der Waals surface area contributed by atoms with Crippen LogP contribution in [0.1, 0.15) is 76.5 Å². The van der Waals surface area contributed by atoms with E-state index in [0.29, 0.717) is 17.7 Å². The van der Waals surface area contributed by atoms with Crippen LogP contribution in [0.4, 0.5) is 0 Å². The van der Waals surface area contributed by atoms with Crippen LogP contribution in [0, 0.1) is 11.8 Å². The molecule has 0 aliphatic heterocycles. The summed E-state index contributed by atoms with van der Waals surface area (Å²) in [7, 11) is 4.14. The van der Waals surface area contributed by atoms with Gasteiger partial charge in [0, 0.05) is 43.2 Å². The lowest BCUT2D eigenvalue weighted by molar-refractivity contribution is -0.135. The number of hydrogen-bond donors (Lipinski definition) is 1. The van der Waals surface area contributed by atoms with Crippen molar-refractivity contribution in [2.75, 3.05) is 27.2 Å². The number of aromatic nitrogens is 2. The number of hydrogen-bond acceptors (Lipinski definition) is 3. The van der Waals surface area contributed by atoms with Crippen LogP contribution in [0.3, 0.4) is 0 Å². The van der Waals surface area contributed by atoms with Crippen molar-refractivity contribution in [3.63, 3.8) is 0 Å². The van der Waals surface area contributed by atoms with Gasteiger partial charge >= 0.3 is 0 Å². The number of H-pyrrole nitrogens is 1. The summed E-state index contributed by atoms with van der Waals surface area (Å²) >= 11 is 0. The van der Waals surface area contributed by atoms with Gasteiger partial charge in [-0.2, -0.15) is 5.10 Å². The average Bonchev–Trinajstić information content (AvgIpc) is 3.06. The van der Waals surface area contributed by atoms with Crippen LogP contribution in [-0.2, 0) is 11.3 Å². The maximum Gasteiger partial charge on any atom is 0.225 e. The number of amides is 1. The van der Waals surface area contributed by atoms with Crippen molar-refractivity contribution in [1.82, 2.24) is 20.0 Å². The Morgan fingerprint density at radius 1 is 1.27 bits per heavy atom. The zero-order chi connectivity index (χ0) is 19.1. The highest BCUT2D eigenvalue weighted by Crippen LogP contribution is 2.37. The molecule has 1 aliphatic rings. The molecule has 1 saturated carbocycles. The molecule has 148 valence electrons. The smallest absolute Gasteiger partial charge is 0.225 e. The van der Waals surface area contributed by atoms with Gasteiger partial charge in [-0.25, -0.2) is 0 Å². The van der Waals surface area contributed by atoms with Gasteiger partial charge in [-0.05, 0) is 51.6 Å². The first-order valence-corrected chi connectivity index (χ1v) is 10.4. The Labute approximate surface area is 159 Å². The maximum atomic E-state index is 12.6. The molecule has 1 amide bonds. The minimum Gasteiger partial charge on any atom is -0.345 e. The summed E-state index contributed by atoms with van der Waals surface area (Å²) in [5.74, 6) is 1.58. The van der Waals surface area contributed by atoms with Crippen LogP contribution in [0.2, 0.25) is 0 Å². The van der Waals surface area contributed by atoms with Gasteiger partial charge < -0.3 is 9.80 Å². The standard InChI is InChI=1S/C21H38N4O/c1-6-7-12-24(4)15-19-13-22-23-20(19)17-8-10-18(11-9-17)21(26)25(5)14-16(2)3/h13,16-18H,6-12,14-15H2,1-5H3,(H,22,23). The van der Waals surface area contributed by atoms with Crippen LogP contribution >= 0.6 is 0 Å². The summed E-state index contributed by atoms with van der Waals surface area (Å²) in [6.45, 7) is 9.51. The van der Waals surface area contributed by atoms with Gasteiger partial charge in [0.2, 0.25) is 5.91 Å². The lowest BCUT2D eigenvalue weighted by atomic mass is 9.79. The van der Waals surface area contributed by atoms with E-state index in [2.05, 4.69) is 42.9 Å². The Bertz CT molecular complexity index is 546. The van der Waals surface area contributed by atoms with E-state index in [1.807, 2.05) is 18.1 Å². The molecule has 1 aliphatic carbocycles. The van der Waals surface area contributed by atoms with Gasteiger partial charge in [0.1, 0.15) is 0 Å². The van der Waals surface area contributed by atoms with E-state index in [1.54, 1.807) is 0 Å². The molecule has 26 heavy (non-hydrogen) atoms. The van der Waals surface area contributed by atoms with Gasteiger partial charge in [0.05, 0.1) is 6.20 Å². The summed E-state index contributed by atoms with van der Waals surface area (Å²) < 4.78 is 0. The Kier molecular flexibility index (Phi) is 8.14. The molecule has 1 N–H and O–H groups in total. The molecule has 0 aromatic carbocycles. The molecule has 1 heterocycles. The summed E-state index contributed by atoms with van der Waals surface area (Å²) in [6.07, 6.45) is 8.61. The third-order valence-electron chi connectivity index (χ3n) is 5.58. The van der Waals surface area contributed by atoms with E-state index in [1.165, 1.54) is 24.1 Å². The monoisotopic (exact) mass is 362 g/mol. The molecule has 0 unspecified atom stereocenters. The van der Waals surface area contributed by atoms with Crippen molar-refractivity contribution < 1.29 is 4.79 Å². The first kappa shape index (κ1) is 20.9. The second-order valence-corrected chi connectivity index (χ2v) is 8.56. The van der Waals surface area contributed by atoms with Crippen molar-refractivity contribution in [1.29, 1.82) is 0 Å². The Hall–Kier alpha value is -1.36. The molecule has 1 aromatic heterocycles. The van der Waals surface area contributed by atoms with Crippen molar-refractivity contribution in [3.05, 3.63) is 17.5 Å². The zero-order valence-corrected chi connectivity index (χ0v) is 17.4. The van der Waals surface area contributed by atoms with Crippen LogP contribution in [0.25, 0.3) is 0 Å². The molecule has 0 saturated heterocycles. The Morgan fingerprint density at radius 2 is 1.96 bits per heavy atom. The van der Waals surface area contributed by atoms with E-state index < -0.39 is 0 Å². The second-order valence-electron chi connectivity index (χ2n) is 8.56. The quantitative estimate of drug-likeness (QED) is 0.721. The fourth-order valence-electron chi connectivity index (χ4n) is 4.18. The van der Waals surface area contributed by atoms with Crippen LogP contribution in [-0.4, -0.2) is 53.1 Å². The van der Waals surface area contributed by atoms with Gasteiger partial charge in [-0.1, -0.05) is 27.2 Å². The van der Waals surface area contributed by atoms with E-state index in [9.17, 15) is 4.79 Å². The topological polar surface area (TPSA) is 52.2 Å². The highest BCUT2D eigenvalue weighted by molar-refractivity contribution is 5.78. The number of nitrogens with one attached hydrogen (secondary N) is 1. The average molecular weight is 363 g/mol. The van der Waals surface area contributed by atoms with Gasteiger partial charge in [-0.3, -0.25) is 9.89 Å². The number of aromatic amines is 1. The first-order chi connectivity index (χ1) is 12.4. The molecule has 2 rings (SSSR count). The predicted molar refractivity (Wildman–Crippen MR) is 107 cm³/mol. The Morgan fingerprint density at radius 3 is 2.58 bits per heavy atom. The fourth-order valence-corrected chi connectivity index (χ4v) is 4.18. The largest absolute Gasteiger partial charge is 0.345 e. The molecule has 1 fully saturated rings. The van der Waals surface area contributed by atoms with Crippen molar-refractivity contribution >= 4 is 5.91 Å². The van der Waals surface area contributed by atoms with E-state index >= 15 is 0 Å². The highest BCUT2D eigenvalue weighted by atomic mass is 16.2. The summed E-state index contributed by atoms with van der Waals surface area (Å²) in [5.41, 5.74) is 2.63. The van der Waals surface area contributed by atoms with Gasteiger partial charge in [0.25, 0.3) is 0 Å². The fraction of sp³-hybridized carbons (Fsp3) is 0.810. The number of carbonyl (C=O) groups excluding carboxylic acids is 1. The van der Waals surface area contributed by atoms with E-state index in [0.717, 1.165) is 45.3 Å². The van der Waals surface area contributed by atoms with E-state index in [-0.39, 0.29) is 5.92 Å². The lowest BCUT2D eigenvalue weighted by Crippen LogP contribution is -2.37. The SMILES string of the molecule is CCCCN(C)Cc1cn[nH]c1C1CCC(C(=O)N(C)CC(C)C)CC1. The van der Waals surface area contributed by atoms with Crippen LogP contribution in [0.15, 0.2) is 6.20 Å². The molecule has 1 aromatic rings. The van der Waals surface area contributed by atoms with E-state index in [4.69, 9.17) is 0 Å². The second kappa shape index (κ2) is 10.1. The third-order valence-corrected chi connectivity index (χ3v) is 5.58. The summed E-state index contributed by atoms with van der Waals surface area (Å²) in [6, 6.07) is 0. The molecule has 0 bridgehead atoms. The molecule has 0 atom stereocenters. The molecule has 0 radical (unpaired) electrons. The van der Waals surface area contributed by atoms with Gasteiger partial charge in [-0.15, -0.1) is 0 Å². The molecular weight excluding hydrogens is 324 g/mol. The Balaban J connectivity index is 1.88. The van der Waals surface area contributed by atoms with Gasteiger partial charge in [0.15, 0.2) is 0 Å². The summed E-state index contributed by atoms with van der Waals surface area (Å²) in [4.78, 5) is 17.0. The van der Waals surface area contributed by atoms with Crippen molar-refractivity contribution in [2.24, 2.45) is 11.8 Å². The minimum absolute atomic E-state index is 0.202. The van der Waals surface area contributed by atoms with Crippen molar-refractivity contribution in [2.45, 2.75) is 71.8 Å². The maximum absolute atomic E-state index is 12.6. The van der Waals surface area contributed by atoms with Crippen LogP contribution < -0.4 is 0 Å². The number of unbranched alkanes of at least 4 members (excludes halogenated alkanes) is 1. The molecule has 5 heteroatoms. The number of nitrogens with zero attached hydrogens (tertiary/aromatic N) is 3. The lowest BCUT2D eigenvalue weighted by Gasteiger charge is -2.31. The molecule has 5 nitrogen and oxygen atoms in total. The number of rotatable bonds is 9. The first-order valence-electron chi connectivity index (χ1n) is 10.4. The third kappa shape index (κ3) is 5.83. The predicted octanol–water partition coefficient (Wildman–Crippen LogP) is 4.03. The normalized spacial score (nSPS) is 20.7. The summed E-state index contributed by atoms with van der Waals surface area (Å²) in [5, 5.41) is 7.58. The molecule has 0 spiro atoms. The minimum atomic E-state index is 0.202. The zero-order valence-electron chi connectivity index (χ0n) is 17.4. The highest BCUT2D eigenvalue weighted by Gasteiger charge is 2.30.